The molecule has 0 rings (SSSR count). The minimum Gasteiger partial charge on any atom is -0.462 e. The zero-order valence-electron chi connectivity index (χ0n) is 38.1. The van der Waals surface area contributed by atoms with Crippen LogP contribution in [0.2, 0.25) is 0 Å². The molecule has 0 radical (unpaired) electrons. The van der Waals surface area contributed by atoms with E-state index in [4.69, 9.17) is 14.2 Å². The molecule has 1 atom stereocenters. The van der Waals surface area contributed by atoms with E-state index in [0.29, 0.717) is 19.3 Å². The fourth-order valence-electron chi connectivity index (χ4n) is 7.25. The predicted molar refractivity (Wildman–Crippen MR) is 243 cm³/mol. The third-order valence-electron chi connectivity index (χ3n) is 11.0. The Bertz CT molecular complexity index is 927. The van der Waals surface area contributed by atoms with Crippen LogP contribution in [0, 0.1) is 0 Å². The van der Waals surface area contributed by atoms with E-state index in [1.807, 2.05) is 0 Å². The van der Waals surface area contributed by atoms with Gasteiger partial charge in [0.2, 0.25) is 0 Å². The molecule has 0 aliphatic rings. The molecule has 0 aromatic heterocycles. The highest BCUT2D eigenvalue weighted by atomic mass is 16.6. The molecule has 0 amide bonds. The van der Waals surface area contributed by atoms with Crippen LogP contribution in [0.3, 0.4) is 0 Å². The molecule has 0 aromatic rings. The first-order valence-electron chi connectivity index (χ1n) is 24.8. The van der Waals surface area contributed by atoms with Gasteiger partial charge in [-0.3, -0.25) is 14.4 Å². The summed E-state index contributed by atoms with van der Waals surface area (Å²) >= 11 is 0. The van der Waals surface area contributed by atoms with Crippen LogP contribution in [-0.2, 0) is 28.6 Å². The van der Waals surface area contributed by atoms with E-state index >= 15 is 0 Å². The van der Waals surface area contributed by atoms with E-state index in [1.54, 1.807) is 0 Å². The summed E-state index contributed by atoms with van der Waals surface area (Å²) in [4.78, 5) is 37.8. The molecule has 0 bridgehead atoms. The Morgan fingerprint density at radius 1 is 0.368 bits per heavy atom. The fourth-order valence-corrected chi connectivity index (χ4v) is 7.25. The van der Waals surface area contributed by atoms with Crippen molar-refractivity contribution in [3.63, 3.8) is 0 Å². The second kappa shape index (κ2) is 46.6. The molecule has 6 nitrogen and oxygen atoms in total. The van der Waals surface area contributed by atoms with E-state index in [1.165, 1.54) is 154 Å². The molecule has 334 valence electrons. The molecule has 0 N–H and O–H groups in total. The number of rotatable bonds is 45. The lowest BCUT2D eigenvalue weighted by molar-refractivity contribution is -0.167. The molecule has 1 unspecified atom stereocenters. The molecule has 6 heteroatoms. The topological polar surface area (TPSA) is 78.9 Å². The van der Waals surface area contributed by atoms with Gasteiger partial charge in [0, 0.05) is 19.3 Å². The molecule has 0 saturated heterocycles. The Morgan fingerprint density at radius 3 is 1.05 bits per heavy atom. The summed E-state index contributed by atoms with van der Waals surface area (Å²) in [5, 5.41) is 0. The zero-order chi connectivity index (χ0) is 41.5. The van der Waals surface area contributed by atoms with E-state index in [0.717, 1.165) is 70.6 Å². The monoisotopic (exact) mass is 803 g/mol. The lowest BCUT2D eigenvalue weighted by Gasteiger charge is -2.18. The summed E-state index contributed by atoms with van der Waals surface area (Å²) in [5.41, 5.74) is 0. The Balaban J connectivity index is 4.28. The lowest BCUT2D eigenvalue weighted by atomic mass is 10.0. The molecule has 0 aliphatic heterocycles. The highest BCUT2D eigenvalue weighted by Crippen LogP contribution is 2.16. The summed E-state index contributed by atoms with van der Waals surface area (Å²) in [6.07, 6.45) is 51.8. The number of carbonyl (C=O) groups is 3. The highest BCUT2D eigenvalue weighted by Gasteiger charge is 2.19. The Labute approximate surface area is 353 Å². The Hall–Kier alpha value is -2.11. The number of carbonyl (C=O) groups excluding carboxylic acids is 3. The minimum absolute atomic E-state index is 0.0767. The molecule has 0 aliphatic carbocycles. The van der Waals surface area contributed by atoms with Gasteiger partial charge in [-0.25, -0.2) is 0 Å². The Morgan fingerprint density at radius 2 is 0.684 bits per heavy atom. The van der Waals surface area contributed by atoms with Crippen LogP contribution in [0.1, 0.15) is 265 Å². The summed E-state index contributed by atoms with van der Waals surface area (Å²) in [6.45, 7) is 6.51. The van der Waals surface area contributed by atoms with Crippen LogP contribution < -0.4 is 0 Å². The number of hydrogen-bond acceptors (Lipinski definition) is 6. The van der Waals surface area contributed by atoms with Gasteiger partial charge in [-0.15, -0.1) is 0 Å². The number of unbranched alkanes of at least 4 members (excludes halogenated alkanes) is 30. The summed E-state index contributed by atoms with van der Waals surface area (Å²) in [7, 11) is 0. The number of ether oxygens (including phenoxy) is 3. The average Bonchev–Trinajstić information content (AvgIpc) is 3.21. The third-order valence-corrected chi connectivity index (χ3v) is 11.0. The van der Waals surface area contributed by atoms with Crippen LogP contribution in [0.4, 0.5) is 0 Å². The van der Waals surface area contributed by atoms with Crippen molar-refractivity contribution in [2.45, 2.75) is 271 Å². The molecule has 0 aromatic carbocycles. The van der Waals surface area contributed by atoms with Crippen LogP contribution in [-0.4, -0.2) is 37.2 Å². The second-order valence-corrected chi connectivity index (χ2v) is 16.7. The SMILES string of the molecule is CC/C=C\C/C=C\CCCCC(=O)OCC(COC(=O)CCCCCCCCCCCCCCCCCCC)OC(=O)CCCCCCCCCCCCCCC. The maximum atomic E-state index is 12.7. The van der Waals surface area contributed by atoms with Crippen LogP contribution >= 0.6 is 0 Å². The predicted octanol–water partition coefficient (Wildman–Crippen LogP) is 16.0. The molecule has 57 heavy (non-hydrogen) atoms. The van der Waals surface area contributed by atoms with E-state index < -0.39 is 6.10 Å². The number of allylic oxidation sites excluding steroid dienone is 4. The van der Waals surface area contributed by atoms with Gasteiger partial charge in [0.05, 0.1) is 0 Å². The maximum Gasteiger partial charge on any atom is 0.306 e. The highest BCUT2D eigenvalue weighted by molar-refractivity contribution is 5.71. The Kier molecular flexibility index (Phi) is 44.9. The van der Waals surface area contributed by atoms with Crippen molar-refractivity contribution >= 4 is 17.9 Å². The van der Waals surface area contributed by atoms with E-state index in [-0.39, 0.29) is 31.1 Å². The van der Waals surface area contributed by atoms with Crippen LogP contribution in [0.5, 0.6) is 0 Å². The van der Waals surface area contributed by atoms with Gasteiger partial charge in [0.1, 0.15) is 13.2 Å². The summed E-state index contributed by atoms with van der Waals surface area (Å²) in [6, 6.07) is 0. The standard InChI is InChI=1S/C51H94O6/c1-4-7-10-13-16-19-21-23-24-25-26-28-29-32-35-38-41-44-50(53)56-47-48(46-55-49(52)43-40-37-34-31-18-15-12-9-6-3)57-51(54)45-42-39-36-33-30-27-22-20-17-14-11-8-5-2/h9,12,18,31,48H,4-8,10-11,13-17,19-30,32-47H2,1-3H3/b12-9-,31-18-. The fraction of sp³-hybridized carbons (Fsp3) is 0.863. The largest absolute Gasteiger partial charge is 0.462 e. The van der Waals surface area contributed by atoms with Gasteiger partial charge >= 0.3 is 17.9 Å². The average molecular weight is 803 g/mol. The smallest absolute Gasteiger partial charge is 0.306 e. The van der Waals surface area contributed by atoms with Gasteiger partial charge in [-0.2, -0.15) is 0 Å². The minimum atomic E-state index is -0.776. The van der Waals surface area contributed by atoms with Crippen molar-refractivity contribution in [1.82, 2.24) is 0 Å². The van der Waals surface area contributed by atoms with Crippen molar-refractivity contribution in [1.29, 1.82) is 0 Å². The van der Waals surface area contributed by atoms with Crippen LogP contribution in [0.25, 0.3) is 0 Å². The van der Waals surface area contributed by atoms with Gasteiger partial charge in [-0.1, -0.05) is 225 Å². The van der Waals surface area contributed by atoms with Crippen LogP contribution in [0.15, 0.2) is 24.3 Å². The normalized spacial score (nSPS) is 12.1. The number of hydrogen-bond donors (Lipinski definition) is 0. The molecular formula is C51H94O6. The molecule has 0 spiro atoms. The maximum absolute atomic E-state index is 12.7. The second-order valence-electron chi connectivity index (χ2n) is 16.7. The van der Waals surface area contributed by atoms with Crippen molar-refractivity contribution in [3.05, 3.63) is 24.3 Å². The molecule has 0 fully saturated rings. The molecule has 0 saturated carbocycles. The van der Waals surface area contributed by atoms with Gasteiger partial charge in [0.25, 0.3) is 0 Å². The molecular weight excluding hydrogens is 709 g/mol. The van der Waals surface area contributed by atoms with E-state index in [2.05, 4.69) is 45.1 Å². The lowest BCUT2D eigenvalue weighted by Crippen LogP contribution is -2.30. The first-order chi connectivity index (χ1) is 28.0. The van der Waals surface area contributed by atoms with Gasteiger partial charge in [0.15, 0.2) is 6.10 Å². The third kappa shape index (κ3) is 44.8. The van der Waals surface area contributed by atoms with Crippen molar-refractivity contribution in [2.24, 2.45) is 0 Å². The van der Waals surface area contributed by atoms with Crippen molar-refractivity contribution in [3.8, 4) is 0 Å². The van der Waals surface area contributed by atoms with Crippen molar-refractivity contribution in [2.75, 3.05) is 13.2 Å². The quantitative estimate of drug-likeness (QED) is 0.0264. The summed E-state index contributed by atoms with van der Waals surface area (Å²) in [5.74, 6) is -0.904. The van der Waals surface area contributed by atoms with Gasteiger partial charge in [-0.05, 0) is 44.9 Å². The molecule has 0 heterocycles. The zero-order valence-corrected chi connectivity index (χ0v) is 38.1. The van der Waals surface area contributed by atoms with E-state index in [9.17, 15) is 14.4 Å². The first-order valence-corrected chi connectivity index (χ1v) is 24.8. The first kappa shape index (κ1) is 54.9. The number of esters is 3. The summed E-state index contributed by atoms with van der Waals surface area (Å²) < 4.78 is 16.7. The van der Waals surface area contributed by atoms with Crippen molar-refractivity contribution < 1.29 is 28.6 Å². The van der Waals surface area contributed by atoms with Gasteiger partial charge < -0.3 is 14.2 Å².